The Morgan fingerprint density at radius 1 is 1.18 bits per heavy atom. The van der Waals surface area contributed by atoms with Gasteiger partial charge in [0.1, 0.15) is 12.6 Å². The highest BCUT2D eigenvalue weighted by Gasteiger charge is 2.35. The number of piperazine rings is 1. The topological polar surface area (TPSA) is 91.0 Å². The quantitative estimate of drug-likeness (QED) is 0.572. The normalized spacial score (nSPS) is 22.5. The number of hydrogen-bond acceptors (Lipinski definition) is 6. The zero-order chi connectivity index (χ0) is 24.7. The minimum Gasteiger partial charge on any atom is -0.373 e. The van der Waals surface area contributed by atoms with E-state index in [0.29, 0.717) is 18.6 Å². The van der Waals surface area contributed by atoms with E-state index >= 15 is 0 Å². The summed E-state index contributed by atoms with van der Waals surface area (Å²) >= 11 is 0. The van der Waals surface area contributed by atoms with Crippen LogP contribution in [-0.4, -0.2) is 81.0 Å². The first-order valence-electron chi connectivity index (χ1n) is 12.5. The molecule has 2 fully saturated rings. The number of ether oxygens (including phenoxy) is 1. The second-order valence-corrected chi connectivity index (χ2v) is 10.0. The molecule has 2 aliphatic heterocycles. The number of amides is 2. The number of carbonyl (C=O) groups is 3. The van der Waals surface area contributed by atoms with Gasteiger partial charge in [0.15, 0.2) is 5.78 Å². The maximum absolute atomic E-state index is 13.2. The van der Waals surface area contributed by atoms with E-state index in [1.807, 2.05) is 32.0 Å². The molecule has 0 bridgehead atoms. The lowest BCUT2D eigenvalue weighted by Crippen LogP contribution is -2.57. The molecule has 2 aliphatic rings. The minimum absolute atomic E-state index is 0.0193. The second-order valence-electron chi connectivity index (χ2n) is 10.0. The lowest BCUT2D eigenvalue weighted by molar-refractivity contribution is -0.138. The fraction of sp³-hybridized carbons (Fsp3) is 0.654. The highest BCUT2D eigenvalue weighted by molar-refractivity contribution is 5.99. The van der Waals surface area contributed by atoms with Crippen molar-refractivity contribution in [3.05, 3.63) is 29.8 Å². The largest absolute Gasteiger partial charge is 0.373 e. The number of likely N-dealkylation sites (N-methyl/N-ethyl adjacent to an activating group) is 1. The van der Waals surface area contributed by atoms with Crippen LogP contribution in [0, 0.1) is 11.8 Å². The third kappa shape index (κ3) is 7.03. The number of ketones is 1. The molecule has 1 aromatic carbocycles. The summed E-state index contributed by atoms with van der Waals surface area (Å²) < 4.78 is 5.40. The number of benzene rings is 1. The van der Waals surface area contributed by atoms with E-state index in [-0.39, 0.29) is 36.0 Å². The lowest BCUT2D eigenvalue weighted by Gasteiger charge is -2.34. The fourth-order valence-electron chi connectivity index (χ4n) is 4.69. The van der Waals surface area contributed by atoms with E-state index in [1.165, 1.54) is 0 Å². The molecule has 8 nitrogen and oxygen atoms in total. The van der Waals surface area contributed by atoms with E-state index in [0.717, 1.165) is 44.7 Å². The van der Waals surface area contributed by atoms with Gasteiger partial charge in [0.2, 0.25) is 5.91 Å². The Kier molecular flexibility index (Phi) is 9.47. The first kappa shape index (κ1) is 26.2. The van der Waals surface area contributed by atoms with Crippen molar-refractivity contribution in [3.8, 4) is 0 Å². The van der Waals surface area contributed by atoms with Gasteiger partial charge in [0.05, 0.1) is 12.6 Å². The standard InChI is InChI=1S/C26H40N4O4/c1-5-7-20-16-34-17-23(31)24(20)28-26(33)22(14-18(2)3)27-25(32)19-8-6-9-21(15-19)30-12-10-29(4)11-13-30/h6,8-9,15,18,20,22,24H,5,7,10-14,16-17H2,1-4H3,(H,27,32)(H,28,33)/t20?,22-,24-/m0/s1. The molecule has 0 spiro atoms. The minimum atomic E-state index is -0.710. The summed E-state index contributed by atoms with van der Waals surface area (Å²) in [4.78, 5) is 43.4. The molecule has 0 radical (unpaired) electrons. The van der Waals surface area contributed by atoms with Crippen molar-refractivity contribution in [3.63, 3.8) is 0 Å². The van der Waals surface area contributed by atoms with Crippen LogP contribution >= 0.6 is 0 Å². The van der Waals surface area contributed by atoms with Crippen molar-refractivity contribution in [1.82, 2.24) is 15.5 Å². The van der Waals surface area contributed by atoms with Crippen LogP contribution in [0.15, 0.2) is 24.3 Å². The van der Waals surface area contributed by atoms with E-state index < -0.39 is 12.1 Å². The van der Waals surface area contributed by atoms with Gasteiger partial charge in [-0.25, -0.2) is 0 Å². The molecule has 0 aromatic heterocycles. The van der Waals surface area contributed by atoms with Crippen molar-refractivity contribution in [1.29, 1.82) is 0 Å². The van der Waals surface area contributed by atoms with Gasteiger partial charge in [-0.05, 0) is 44.0 Å². The number of nitrogens with one attached hydrogen (secondary N) is 2. The SMILES string of the molecule is CCCC1COCC(=O)[C@H]1NC(=O)[C@H](CC(C)C)NC(=O)c1cccc(N2CCN(C)CC2)c1. The Bertz CT molecular complexity index is 849. The number of nitrogens with zero attached hydrogens (tertiary/aromatic N) is 2. The number of rotatable bonds is 9. The number of carbonyl (C=O) groups excluding carboxylic acids is 3. The first-order valence-corrected chi connectivity index (χ1v) is 12.5. The third-order valence-electron chi connectivity index (χ3n) is 6.66. The summed E-state index contributed by atoms with van der Waals surface area (Å²) in [6, 6.07) is 6.30. The molecule has 1 unspecified atom stereocenters. The van der Waals surface area contributed by atoms with Crippen molar-refractivity contribution < 1.29 is 19.1 Å². The molecule has 2 amide bonds. The molecule has 2 N–H and O–H groups in total. The van der Waals surface area contributed by atoms with Crippen LogP contribution in [0.4, 0.5) is 5.69 Å². The summed E-state index contributed by atoms with van der Waals surface area (Å²) in [6.07, 6.45) is 2.20. The third-order valence-corrected chi connectivity index (χ3v) is 6.66. The molecule has 2 saturated heterocycles. The molecule has 0 saturated carbocycles. The smallest absolute Gasteiger partial charge is 0.252 e. The van der Waals surface area contributed by atoms with Gasteiger partial charge in [-0.2, -0.15) is 0 Å². The Hall–Kier alpha value is -2.45. The molecule has 34 heavy (non-hydrogen) atoms. The van der Waals surface area contributed by atoms with E-state index in [1.54, 1.807) is 6.07 Å². The molecule has 3 atom stereocenters. The first-order chi connectivity index (χ1) is 16.3. The predicted molar refractivity (Wildman–Crippen MR) is 133 cm³/mol. The van der Waals surface area contributed by atoms with Crippen LogP contribution in [0.1, 0.15) is 50.4 Å². The number of Topliss-reactive ketones (excluding diaryl/α,β-unsaturated/α-hetero) is 1. The maximum Gasteiger partial charge on any atom is 0.252 e. The van der Waals surface area contributed by atoms with Crippen molar-refractivity contribution >= 4 is 23.3 Å². The average Bonchev–Trinajstić information content (AvgIpc) is 2.81. The van der Waals surface area contributed by atoms with Crippen LogP contribution in [0.3, 0.4) is 0 Å². The van der Waals surface area contributed by atoms with Crippen LogP contribution < -0.4 is 15.5 Å². The van der Waals surface area contributed by atoms with Gasteiger partial charge in [-0.1, -0.05) is 33.3 Å². The monoisotopic (exact) mass is 472 g/mol. The van der Waals surface area contributed by atoms with Crippen LogP contribution in [0.2, 0.25) is 0 Å². The molecule has 188 valence electrons. The highest BCUT2D eigenvalue weighted by Crippen LogP contribution is 2.20. The van der Waals surface area contributed by atoms with Crippen LogP contribution in [-0.2, 0) is 14.3 Å². The van der Waals surface area contributed by atoms with E-state index in [9.17, 15) is 14.4 Å². The summed E-state index contributed by atoms with van der Waals surface area (Å²) in [5.74, 6) is -0.526. The van der Waals surface area contributed by atoms with Gasteiger partial charge in [0, 0.05) is 43.3 Å². The molecular formula is C26H40N4O4. The molecular weight excluding hydrogens is 432 g/mol. The molecule has 8 heteroatoms. The van der Waals surface area contributed by atoms with E-state index in [2.05, 4.69) is 34.4 Å². The summed E-state index contributed by atoms with van der Waals surface area (Å²) in [5, 5.41) is 5.87. The lowest BCUT2D eigenvalue weighted by atomic mass is 9.90. The molecule has 0 aliphatic carbocycles. The van der Waals surface area contributed by atoms with Crippen molar-refractivity contribution in [2.75, 3.05) is 51.3 Å². The van der Waals surface area contributed by atoms with Gasteiger partial charge in [-0.15, -0.1) is 0 Å². The highest BCUT2D eigenvalue weighted by atomic mass is 16.5. The van der Waals surface area contributed by atoms with Gasteiger partial charge < -0.3 is 25.2 Å². The Balaban J connectivity index is 1.69. The maximum atomic E-state index is 13.2. The van der Waals surface area contributed by atoms with Crippen LogP contribution in [0.25, 0.3) is 0 Å². The van der Waals surface area contributed by atoms with Gasteiger partial charge in [-0.3, -0.25) is 14.4 Å². The zero-order valence-electron chi connectivity index (χ0n) is 21.0. The van der Waals surface area contributed by atoms with Crippen molar-refractivity contribution in [2.45, 2.75) is 52.1 Å². The summed E-state index contributed by atoms with van der Waals surface area (Å²) in [7, 11) is 2.11. The molecule has 3 rings (SSSR count). The summed E-state index contributed by atoms with van der Waals surface area (Å²) in [6.45, 7) is 10.4. The number of hydrogen-bond donors (Lipinski definition) is 2. The predicted octanol–water partition coefficient (Wildman–Crippen LogP) is 2.08. The summed E-state index contributed by atoms with van der Waals surface area (Å²) in [5.41, 5.74) is 1.55. The fourth-order valence-corrected chi connectivity index (χ4v) is 4.69. The van der Waals surface area contributed by atoms with E-state index in [4.69, 9.17) is 4.74 Å². The Morgan fingerprint density at radius 3 is 2.59 bits per heavy atom. The average molecular weight is 473 g/mol. The second kappa shape index (κ2) is 12.3. The van der Waals surface area contributed by atoms with Gasteiger partial charge >= 0.3 is 0 Å². The Labute approximate surface area is 203 Å². The molecule has 2 heterocycles. The van der Waals surface area contributed by atoms with Gasteiger partial charge in [0.25, 0.3) is 5.91 Å². The number of anilines is 1. The molecule has 1 aromatic rings. The van der Waals surface area contributed by atoms with Crippen LogP contribution in [0.5, 0.6) is 0 Å². The zero-order valence-corrected chi connectivity index (χ0v) is 21.0. The Morgan fingerprint density at radius 2 is 1.91 bits per heavy atom. The van der Waals surface area contributed by atoms with Crippen molar-refractivity contribution in [2.24, 2.45) is 11.8 Å².